The fraction of sp³-hybridized carbons (Fsp3) is 0.211. The molecule has 0 spiro atoms. The van der Waals surface area contributed by atoms with E-state index in [1.807, 2.05) is 12.1 Å². The van der Waals surface area contributed by atoms with E-state index in [2.05, 4.69) is 22.6 Å². The van der Waals surface area contributed by atoms with Crippen LogP contribution in [0.4, 0.5) is 10.2 Å². The van der Waals surface area contributed by atoms with E-state index in [1.54, 1.807) is 4.68 Å². The number of carbonyl (C=O) groups is 1. The molecule has 0 bridgehead atoms. The van der Waals surface area contributed by atoms with Crippen LogP contribution in [-0.4, -0.2) is 15.7 Å². The van der Waals surface area contributed by atoms with Crippen LogP contribution in [0.2, 0.25) is 0 Å². The summed E-state index contributed by atoms with van der Waals surface area (Å²) in [6.07, 6.45) is 2.27. The summed E-state index contributed by atoms with van der Waals surface area (Å²) < 4.78 is 14.7. The molecule has 1 fully saturated rings. The molecule has 0 aliphatic heterocycles. The topological polar surface area (TPSA) is 70.7 Å². The highest BCUT2D eigenvalue weighted by molar-refractivity contribution is 6.08. The predicted molar refractivity (Wildman–Crippen MR) is 91.7 cm³/mol. The van der Waals surface area contributed by atoms with Gasteiger partial charge in [0.1, 0.15) is 12.4 Å². The van der Waals surface area contributed by atoms with E-state index in [1.165, 1.54) is 29.8 Å². The maximum atomic E-state index is 13.0. The molecule has 1 saturated carbocycles. The molecule has 1 aromatic heterocycles. The van der Waals surface area contributed by atoms with Gasteiger partial charge in [0.25, 0.3) is 5.91 Å². The van der Waals surface area contributed by atoms with Gasteiger partial charge in [-0.2, -0.15) is 10.4 Å². The average molecular weight is 334 g/mol. The number of para-hydroxylation sites is 1. The van der Waals surface area contributed by atoms with E-state index in [-0.39, 0.29) is 12.5 Å². The van der Waals surface area contributed by atoms with Crippen LogP contribution in [0.5, 0.6) is 0 Å². The number of carbonyl (C=O) groups excluding carboxylic acids is 1. The SMILES string of the molecule is N#CCn1nc(NC(=O)c2ccc(F)cc2)c2cccc(C3CC3)c21. The molecule has 0 radical (unpaired) electrons. The molecule has 6 heteroatoms. The van der Waals surface area contributed by atoms with E-state index < -0.39 is 5.82 Å². The first-order valence-electron chi connectivity index (χ1n) is 8.10. The van der Waals surface area contributed by atoms with Crippen LogP contribution in [0.3, 0.4) is 0 Å². The number of hydrogen-bond acceptors (Lipinski definition) is 3. The van der Waals surface area contributed by atoms with Crippen molar-refractivity contribution in [1.29, 1.82) is 5.26 Å². The summed E-state index contributed by atoms with van der Waals surface area (Å²) in [7, 11) is 0. The molecule has 3 aromatic rings. The van der Waals surface area contributed by atoms with Gasteiger partial charge in [0.05, 0.1) is 11.6 Å². The Kier molecular flexibility index (Phi) is 3.69. The van der Waals surface area contributed by atoms with Crippen LogP contribution in [-0.2, 0) is 6.54 Å². The van der Waals surface area contributed by atoms with Gasteiger partial charge in [0.2, 0.25) is 0 Å². The molecule has 0 saturated heterocycles. The minimum atomic E-state index is -0.394. The zero-order valence-corrected chi connectivity index (χ0v) is 13.4. The van der Waals surface area contributed by atoms with E-state index in [0.717, 1.165) is 23.7 Å². The molecule has 1 aliphatic carbocycles. The third-order valence-electron chi connectivity index (χ3n) is 4.38. The fourth-order valence-corrected chi connectivity index (χ4v) is 3.04. The largest absolute Gasteiger partial charge is 0.305 e. The van der Waals surface area contributed by atoms with Crippen molar-refractivity contribution in [3.8, 4) is 6.07 Å². The van der Waals surface area contributed by atoms with Crippen LogP contribution in [0, 0.1) is 17.1 Å². The highest BCUT2D eigenvalue weighted by atomic mass is 19.1. The summed E-state index contributed by atoms with van der Waals surface area (Å²) in [5.41, 5.74) is 2.42. The van der Waals surface area contributed by atoms with Crippen molar-refractivity contribution >= 4 is 22.6 Å². The Balaban J connectivity index is 1.74. The average Bonchev–Trinajstić information content (AvgIpc) is 3.40. The number of rotatable bonds is 4. The highest BCUT2D eigenvalue weighted by Crippen LogP contribution is 2.44. The first kappa shape index (κ1) is 15.3. The monoisotopic (exact) mass is 334 g/mol. The number of amides is 1. The maximum absolute atomic E-state index is 13.0. The van der Waals surface area contributed by atoms with Crippen molar-refractivity contribution in [2.45, 2.75) is 25.3 Å². The molecule has 1 heterocycles. The quantitative estimate of drug-likeness (QED) is 0.788. The lowest BCUT2D eigenvalue weighted by atomic mass is 10.1. The van der Waals surface area contributed by atoms with Crippen molar-refractivity contribution < 1.29 is 9.18 Å². The fourth-order valence-electron chi connectivity index (χ4n) is 3.04. The first-order valence-corrected chi connectivity index (χ1v) is 8.10. The second kappa shape index (κ2) is 6.02. The minimum Gasteiger partial charge on any atom is -0.305 e. The second-order valence-corrected chi connectivity index (χ2v) is 6.14. The van der Waals surface area contributed by atoms with Gasteiger partial charge < -0.3 is 5.32 Å². The smallest absolute Gasteiger partial charge is 0.256 e. The van der Waals surface area contributed by atoms with Crippen LogP contribution in [0.15, 0.2) is 42.5 Å². The summed E-state index contributed by atoms with van der Waals surface area (Å²) in [6.45, 7) is 0.118. The first-order chi connectivity index (χ1) is 12.2. The maximum Gasteiger partial charge on any atom is 0.256 e. The van der Waals surface area contributed by atoms with E-state index in [0.29, 0.717) is 17.3 Å². The molecule has 0 unspecified atom stereocenters. The minimum absolute atomic E-state index is 0.118. The van der Waals surface area contributed by atoms with Crippen LogP contribution >= 0.6 is 0 Å². The Morgan fingerprint density at radius 1 is 1.28 bits per heavy atom. The van der Waals surface area contributed by atoms with Crippen molar-refractivity contribution in [2.75, 3.05) is 5.32 Å². The number of nitriles is 1. The normalized spacial score (nSPS) is 13.6. The highest BCUT2D eigenvalue weighted by Gasteiger charge is 2.28. The Bertz CT molecular complexity index is 997. The molecule has 1 aliphatic rings. The van der Waals surface area contributed by atoms with Crippen molar-refractivity contribution in [1.82, 2.24) is 9.78 Å². The molecule has 1 amide bonds. The summed E-state index contributed by atoms with van der Waals surface area (Å²) in [6, 6.07) is 13.3. The lowest BCUT2D eigenvalue weighted by Gasteiger charge is -2.04. The standard InChI is InChI=1S/C19H15FN4O/c20-14-8-6-13(7-9-14)19(25)22-18-16-3-1-2-15(12-4-5-12)17(16)24(23-18)11-10-21/h1-3,6-9,12H,4-5,11H2,(H,22,23,25). The summed E-state index contributed by atoms with van der Waals surface area (Å²) in [5.74, 6) is 0.162. The molecular weight excluding hydrogens is 319 g/mol. The number of nitrogens with one attached hydrogen (secondary N) is 1. The number of fused-ring (bicyclic) bond motifs is 1. The van der Waals surface area contributed by atoms with E-state index >= 15 is 0 Å². The Morgan fingerprint density at radius 3 is 2.72 bits per heavy atom. The number of benzene rings is 2. The summed E-state index contributed by atoms with van der Waals surface area (Å²) in [4.78, 5) is 12.4. The number of aromatic nitrogens is 2. The molecule has 2 aromatic carbocycles. The van der Waals surface area contributed by atoms with Crippen LogP contribution < -0.4 is 5.32 Å². The molecule has 124 valence electrons. The zero-order chi connectivity index (χ0) is 17.4. The summed E-state index contributed by atoms with van der Waals surface area (Å²) in [5, 5.41) is 17.1. The van der Waals surface area contributed by atoms with Gasteiger partial charge in [0.15, 0.2) is 5.82 Å². The van der Waals surface area contributed by atoms with Crippen LogP contribution in [0.25, 0.3) is 10.9 Å². The second-order valence-electron chi connectivity index (χ2n) is 6.14. The number of nitrogens with zero attached hydrogens (tertiary/aromatic N) is 3. The van der Waals surface area contributed by atoms with Gasteiger partial charge in [0, 0.05) is 10.9 Å². The predicted octanol–water partition coefficient (Wildman–Crippen LogP) is 3.83. The third kappa shape index (κ3) is 2.85. The van der Waals surface area contributed by atoms with Gasteiger partial charge in [-0.3, -0.25) is 4.79 Å². The van der Waals surface area contributed by atoms with E-state index in [4.69, 9.17) is 5.26 Å². The molecule has 1 N–H and O–H groups in total. The third-order valence-corrected chi connectivity index (χ3v) is 4.38. The number of anilines is 1. The van der Waals surface area contributed by atoms with Crippen LogP contribution in [0.1, 0.15) is 34.7 Å². The van der Waals surface area contributed by atoms with Crippen molar-refractivity contribution in [3.05, 3.63) is 59.4 Å². The Morgan fingerprint density at radius 2 is 2.04 bits per heavy atom. The number of halogens is 1. The molecule has 5 nitrogen and oxygen atoms in total. The lowest BCUT2D eigenvalue weighted by molar-refractivity contribution is 0.102. The van der Waals surface area contributed by atoms with E-state index in [9.17, 15) is 9.18 Å². The van der Waals surface area contributed by atoms with Crippen molar-refractivity contribution in [3.63, 3.8) is 0 Å². The number of hydrogen-bond donors (Lipinski definition) is 1. The molecule has 25 heavy (non-hydrogen) atoms. The summed E-state index contributed by atoms with van der Waals surface area (Å²) >= 11 is 0. The lowest BCUT2D eigenvalue weighted by Crippen LogP contribution is -2.12. The Hall–Kier alpha value is -3.20. The molecule has 0 atom stereocenters. The van der Waals surface area contributed by atoms with Gasteiger partial charge in [-0.15, -0.1) is 0 Å². The zero-order valence-electron chi connectivity index (χ0n) is 13.4. The van der Waals surface area contributed by atoms with Gasteiger partial charge >= 0.3 is 0 Å². The molecule has 4 rings (SSSR count). The van der Waals surface area contributed by atoms with Gasteiger partial charge in [-0.1, -0.05) is 12.1 Å². The van der Waals surface area contributed by atoms with Gasteiger partial charge in [-0.25, -0.2) is 9.07 Å². The Labute approximate surface area is 143 Å². The van der Waals surface area contributed by atoms with Gasteiger partial charge in [-0.05, 0) is 54.7 Å². The molecular formula is C19H15FN4O. The van der Waals surface area contributed by atoms with Crippen molar-refractivity contribution in [2.24, 2.45) is 0 Å².